The zero-order valence-corrected chi connectivity index (χ0v) is 14.7. The number of carbonyl (C=O) groups is 1. The van der Waals surface area contributed by atoms with Gasteiger partial charge in [0, 0.05) is 25.7 Å². The molecule has 4 nitrogen and oxygen atoms in total. The highest BCUT2D eigenvalue weighted by Gasteiger charge is 2.34. The number of hydrogen-bond donors (Lipinski definition) is 1. The summed E-state index contributed by atoms with van der Waals surface area (Å²) in [4.78, 5) is 15.4. The third-order valence-electron chi connectivity index (χ3n) is 4.75. The van der Waals surface area contributed by atoms with Crippen LogP contribution in [0.3, 0.4) is 0 Å². The molecule has 1 fully saturated rings. The van der Waals surface area contributed by atoms with Gasteiger partial charge in [-0.05, 0) is 24.5 Å². The van der Waals surface area contributed by atoms with Gasteiger partial charge >= 0.3 is 6.09 Å². The number of benzene rings is 1. The lowest BCUT2D eigenvalue weighted by Gasteiger charge is -2.45. The molecule has 0 bridgehead atoms. The molecule has 1 aromatic rings. The molecule has 4 heteroatoms. The molecule has 1 aromatic carbocycles. The Kier molecular flexibility index (Phi) is 6.62. The predicted octanol–water partition coefficient (Wildman–Crippen LogP) is 4.32. The van der Waals surface area contributed by atoms with Crippen LogP contribution in [0.5, 0.6) is 0 Å². The van der Waals surface area contributed by atoms with Crippen molar-refractivity contribution in [2.24, 2.45) is 0 Å². The summed E-state index contributed by atoms with van der Waals surface area (Å²) in [7, 11) is 0. The van der Waals surface area contributed by atoms with Gasteiger partial charge in [-0.3, -0.25) is 4.90 Å². The van der Waals surface area contributed by atoms with Crippen LogP contribution in [-0.4, -0.2) is 46.7 Å². The Labute approximate surface area is 145 Å². The average Bonchev–Trinajstić information content (AvgIpc) is 2.61. The topological polar surface area (TPSA) is 43.8 Å². The van der Waals surface area contributed by atoms with E-state index >= 15 is 0 Å². The van der Waals surface area contributed by atoms with Crippen molar-refractivity contribution in [1.29, 1.82) is 0 Å². The Bertz CT molecular complexity index is 583. The largest absolute Gasteiger partial charge is 0.465 e. The second kappa shape index (κ2) is 8.69. The van der Waals surface area contributed by atoms with E-state index in [1.807, 2.05) is 19.1 Å². The van der Waals surface area contributed by atoms with E-state index < -0.39 is 6.09 Å². The summed E-state index contributed by atoms with van der Waals surface area (Å²) in [6.45, 7) is 10.0. The molecule has 1 heterocycles. The van der Waals surface area contributed by atoms with Crippen molar-refractivity contribution < 1.29 is 9.90 Å². The smallest absolute Gasteiger partial charge is 0.407 e. The molecule has 2 rings (SSSR count). The molecule has 130 valence electrons. The highest BCUT2D eigenvalue weighted by Crippen LogP contribution is 2.33. The Balaban J connectivity index is 2.36. The minimum atomic E-state index is -0.818. The van der Waals surface area contributed by atoms with Crippen molar-refractivity contribution >= 4 is 6.09 Å². The number of allylic oxidation sites excluding steroid dienone is 1. The molecule has 0 radical (unpaired) electrons. The third-order valence-corrected chi connectivity index (χ3v) is 4.75. The maximum atomic E-state index is 11.4. The van der Waals surface area contributed by atoms with Crippen molar-refractivity contribution in [2.45, 2.75) is 38.8 Å². The summed E-state index contributed by atoms with van der Waals surface area (Å²) in [5, 5.41) is 9.35. The monoisotopic (exact) mass is 328 g/mol. The Morgan fingerprint density at radius 3 is 2.62 bits per heavy atom. The molecule has 1 amide bonds. The van der Waals surface area contributed by atoms with Crippen LogP contribution in [0.4, 0.5) is 4.79 Å². The van der Waals surface area contributed by atoms with E-state index in [2.05, 4.69) is 48.7 Å². The van der Waals surface area contributed by atoms with E-state index in [1.165, 1.54) is 11.1 Å². The van der Waals surface area contributed by atoms with Gasteiger partial charge in [0.05, 0.1) is 6.04 Å². The van der Waals surface area contributed by atoms with E-state index in [9.17, 15) is 9.90 Å². The van der Waals surface area contributed by atoms with Crippen LogP contribution < -0.4 is 0 Å². The summed E-state index contributed by atoms with van der Waals surface area (Å²) in [5.74, 6) is 0. The second-order valence-electron chi connectivity index (χ2n) is 6.21. The Morgan fingerprint density at radius 2 is 2.08 bits per heavy atom. The predicted molar refractivity (Wildman–Crippen MR) is 98.1 cm³/mol. The number of nitrogens with zero attached hydrogens (tertiary/aromatic N) is 2. The van der Waals surface area contributed by atoms with Gasteiger partial charge in [-0.25, -0.2) is 4.79 Å². The first-order chi connectivity index (χ1) is 11.6. The molecule has 0 spiro atoms. The van der Waals surface area contributed by atoms with Crippen LogP contribution in [0.2, 0.25) is 0 Å². The molecular formula is C20H28N2O2. The number of piperazine rings is 1. The van der Waals surface area contributed by atoms with Crippen molar-refractivity contribution in [3.05, 3.63) is 60.2 Å². The fourth-order valence-electron chi connectivity index (χ4n) is 3.57. The SMILES string of the molecule is C=C/C(=C\C)C(c1ccccc1)N1CCN(C(=O)O)CC1CCC. The highest BCUT2D eigenvalue weighted by molar-refractivity contribution is 5.65. The molecule has 1 aliphatic rings. The van der Waals surface area contributed by atoms with Crippen LogP contribution in [0.15, 0.2) is 54.6 Å². The molecule has 0 saturated carbocycles. The van der Waals surface area contributed by atoms with Crippen molar-refractivity contribution in [2.75, 3.05) is 19.6 Å². The molecule has 1 N–H and O–H groups in total. The van der Waals surface area contributed by atoms with E-state index in [0.29, 0.717) is 13.1 Å². The normalized spacial score (nSPS) is 20.7. The van der Waals surface area contributed by atoms with Gasteiger partial charge in [0.2, 0.25) is 0 Å². The first kappa shape index (κ1) is 18.3. The molecular weight excluding hydrogens is 300 g/mol. The maximum absolute atomic E-state index is 11.4. The van der Waals surface area contributed by atoms with Crippen LogP contribution >= 0.6 is 0 Å². The quantitative estimate of drug-likeness (QED) is 0.791. The maximum Gasteiger partial charge on any atom is 0.407 e. The Hall–Kier alpha value is -2.07. The third kappa shape index (κ3) is 4.06. The van der Waals surface area contributed by atoms with Crippen LogP contribution in [0.25, 0.3) is 0 Å². The number of carboxylic acid groups (broad SMARTS) is 1. The van der Waals surface area contributed by atoms with Crippen LogP contribution in [0.1, 0.15) is 38.3 Å². The minimum absolute atomic E-state index is 0.126. The molecule has 1 saturated heterocycles. The van der Waals surface area contributed by atoms with E-state index in [0.717, 1.165) is 19.4 Å². The summed E-state index contributed by atoms with van der Waals surface area (Å²) >= 11 is 0. The molecule has 0 aliphatic carbocycles. The molecule has 2 atom stereocenters. The molecule has 24 heavy (non-hydrogen) atoms. The van der Waals surface area contributed by atoms with E-state index in [1.54, 1.807) is 4.90 Å². The standard InChI is InChI=1S/C20H28N2O2/c1-4-10-18-15-21(20(23)24)13-14-22(18)19(16(5-2)6-3)17-11-8-7-9-12-17/h5-9,11-12,18-19H,2,4,10,13-15H2,1,3H3,(H,23,24)/b16-6+. The molecule has 1 aliphatic heterocycles. The molecule has 0 aromatic heterocycles. The summed E-state index contributed by atoms with van der Waals surface area (Å²) in [6, 6.07) is 10.8. The van der Waals surface area contributed by atoms with Crippen molar-refractivity contribution in [1.82, 2.24) is 9.80 Å². The van der Waals surface area contributed by atoms with Gasteiger partial charge in [-0.15, -0.1) is 0 Å². The van der Waals surface area contributed by atoms with Gasteiger partial charge < -0.3 is 10.0 Å². The van der Waals surface area contributed by atoms with Crippen molar-refractivity contribution in [3.63, 3.8) is 0 Å². The first-order valence-electron chi connectivity index (χ1n) is 8.69. The Morgan fingerprint density at radius 1 is 1.38 bits per heavy atom. The number of rotatable bonds is 6. The van der Waals surface area contributed by atoms with Gasteiger partial charge in [0.15, 0.2) is 0 Å². The lowest BCUT2D eigenvalue weighted by atomic mass is 9.93. The van der Waals surface area contributed by atoms with E-state index in [-0.39, 0.29) is 12.1 Å². The second-order valence-corrected chi connectivity index (χ2v) is 6.21. The summed E-state index contributed by atoms with van der Waals surface area (Å²) in [5.41, 5.74) is 2.40. The molecule has 2 unspecified atom stereocenters. The van der Waals surface area contributed by atoms with Gasteiger partial charge in [-0.1, -0.05) is 62.4 Å². The van der Waals surface area contributed by atoms with Gasteiger partial charge in [0.25, 0.3) is 0 Å². The summed E-state index contributed by atoms with van der Waals surface area (Å²) in [6.07, 6.45) is 5.24. The van der Waals surface area contributed by atoms with Gasteiger partial charge in [-0.2, -0.15) is 0 Å². The van der Waals surface area contributed by atoms with Crippen LogP contribution in [0, 0.1) is 0 Å². The zero-order valence-electron chi connectivity index (χ0n) is 14.7. The van der Waals surface area contributed by atoms with Gasteiger partial charge in [0.1, 0.15) is 0 Å². The highest BCUT2D eigenvalue weighted by atomic mass is 16.4. The minimum Gasteiger partial charge on any atom is -0.465 e. The number of hydrogen-bond acceptors (Lipinski definition) is 2. The fourth-order valence-corrected chi connectivity index (χ4v) is 3.57. The van der Waals surface area contributed by atoms with Crippen LogP contribution in [-0.2, 0) is 0 Å². The average molecular weight is 328 g/mol. The number of amides is 1. The van der Waals surface area contributed by atoms with E-state index in [4.69, 9.17) is 0 Å². The summed E-state index contributed by atoms with van der Waals surface area (Å²) < 4.78 is 0. The lowest BCUT2D eigenvalue weighted by Crippen LogP contribution is -2.55. The zero-order chi connectivity index (χ0) is 17.5. The lowest BCUT2D eigenvalue weighted by molar-refractivity contribution is 0.0469. The van der Waals surface area contributed by atoms with Crippen molar-refractivity contribution in [3.8, 4) is 0 Å². The fraction of sp³-hybridized carbons (Fsp3) is 0.450. The first-order valence-corrected chi connectivity index (χ1v) is 8.69.